The van der Waals surface area contributed by atoms with Crippen LogP contribution in [0.15, 0.2) is 53.3 Å². The topological polar surface area (TPSA) is 110 Å². The molecule has 0 aliphatic rings. The van der Waals surface area contributed by atoms with Gasteiger partial charge in [-0.25, -0.2) is 4.98 Å². The van der Waals surface area contributed by atoms with Crippen LogP contribution >= 0.6 is 0 Å². The summed E-state index contributed by atoms with van der Waals surface area (Å²) in [4.78, 5) is 42.9. The molecule has 150 valence electrons. The second-order valence-corrected chi connectivity index (χ2v) is 6.42. The molecule has 1 heterocycles. The maximum Gasteiger partial charge on any atom is 0.308 e. The van der Waals surface area contributed by atoms with Crippen LogP contribution in [0.25, 0.3) is 10.9 Å². The number of ether oxygens (including phenoxy) is 2. The zero-order chi connectivity index (χ0) is 20.8. The van der Waals surface area contributed by atoms with Crippen molar-refractivity contribution < 1.29 is 19.1 Å². The monoisotopic (exact) mass is 395 g/mol. The fourth-order valence-corrected chi connectivity index (χ4v) is 2.91. The van der Waals surface area contributed by atoms with Gasteiger partial charge in [0.05, 0.1) is 30.5 Å². The second kappa shape index (κ2) is 9.01. The Bertz CT molecular complexity index is 1080. The van der Waals surface area contributed by atoms with Crippen molar-refractivity contribution in [2.45, 2.75) is 26.0 Å². The molecule has 0 aliphatic heterocycles. The molecule has 0 saturated heterocycles. The fraction of sp³-hybridized carbons (Fsp3) is 0.238. The number of H-pyrrole nitrogens is 1. The van der Waals surface area contributed by atoms with Crippen LogP contribution in [0.1, 0.15) is 30.8 Å². The molecule has 29 heavy (non-hydrogen) atoms. The summed E-state index contributed by atoms with van der Waals surface area (Å²) >= 11 is 0. The number of aromatic nitrogens is 2. The van der Waals surface area contributed by atoms with Gasteiger partial charge in [0.15, 0.2) is 0 Å². The third-order valence-corrected chi connectivity index (χ3v) is 4.30. The molecule has 8 heteroatoms. The summed E-state index contributed by atoms with van der Waals surface area (Å²) in [6.45, 7) is 1.21. The van der Waals surface area contributed by atoms with Gasteiger partial charge >= 0.3 is 5.97 Å². The van der Waals surface area contributed by atoms with E-state index in [-0.39, 0.29) is 30.3 Å². The Hall–Kier alpha value is -3.68. The molecule has 0 radical (unpaired) electrons. The zero-order valence-corrected chi connectivity index (χ0v) is 16.1. The van der Waals surface area contributed by atoms with E-state index in [1.807, 2.05) is 0 Å². The van der Waals surface area contributed by atoms with Crippen molar-refractivity contribution in [3.05, 3.63) is 70.3 Å². The van der Waals surface area contributed by atoms with Crippen molar-refractivity contribution >= 4 is 22.8 Å². The van der Waals surface area contributed by atoms with Gasteiger partial charge in [-0.05, 0) is 29.8 Å². The lowest BCUT2D eigenvalue weighted by Crippen LogP contribution is -2.28. The quantitative estimate of drug-likeness (QED) is 0.594. The predicted molar refractivity (Wildman–Crippen MR) is 106 cm³/mol. The Morgan fingerprint density at radius 1 is 1.14 bits per heavy atom. The number of methoxy groups -OCH3 is 1. The molecule has 8 nitrogen and oxygen atoms in total. The average Bonchev–Trinajstić information content (AvgIpc) is 2.71. The molecule has 3 rings (SSSR count). The first-order valence-corrected chi connectivity index (χ1v) is 9.01. The molecule has 2 aromatic carbocycles. The third-order valence-electron chi connectivity index (χ3n) is 4.30. The number of amides is 1. The van der Waals surface area contributed by atoms with Gasteiger partial charge in [-0.3, -0.25) is 14.4 Å². The maximum absolute atomic E-state index is 12.3. The number of hydrogen-bond donors (Lipinski definition) is 2. The van der Waals surface area contributed by atoms with E-state index in [1.54, 1.807) is 55.6 Å². The van der Waals surface area contributed by atoms with Gasteiger partial charge in [0.25, 0.3) is 5.56 Å². The van der Waals surface area contributed by atoms with E-state index in [4.69, 9.17) is 9.47 Å². The maximum atomic E-state index is 12.3. The van der Waals surface area contributed by atoms with Gasteiger partial charge < -0.3 is 19.8 Å². The van der Waals surface area contributed by atoms with E-state index in [2.05, 4.69) is 15.3 Å². The minimum atomic E-state index is -0.547. The number of carbonyl (C=O) groups excluding carboxylic acids is 2. The van der Waals surface area contributed by atoms with Gasteiger partial charge in [-0.15, -0.1) is 0 Å². The lowest BCUT2D eigenvalue weighted by molar-refractivity contribution is -0.146. The molecular formula is C21H21N3O5. The smallest absolute Gasteiger partial charge is 0.308 e. The number of aromatic amines is 1. The number of fused-ring (bicyclic) bond motifs is 1. The minimum Gasteiger partial charge on any atom is -0.497 e. The molecular weight excluding hydrogens is 374 g/mol. The van der Waals surface area contributed by atoms with Gasteiger partial charge in [-0.2, -0.15) is 0 Å². The summed E-state index contributed by atoms with van der Waals surface area (Å²) < 4.78 is 10.4. The minimum absolute atomic E-state index is 0.0658. The van der Waals surface area contributed by atoms with Crippen molar-refractivity contribution in [3.8, 4) is 5.75 Å². The SMILES string of the molecule is COc1ccc(C(CC(=O)OCc2nc3ccccc3c(=O)[nH]2)NC(C)=O)cc1. The number of rotatable bonds is 7. The number of nitrogens with zero attached hydrogens (tertiary/aromatic N) is 1. The fourth-order valence-electron chi connectivity index (χ4n) is 2.91. The van der Waals surface area contributed by atoms with Crippen molar-refractivity contribution in [1.82, 2.24) is 15.3 Å². The number of benzene rings is 2. The van der Waals surface area contributed by atoms with Crippen molar-refractivity contribution in [3.63, 3.8) is 0 Å². The molecule has 0 spiro atoms. The van der Waals surface area contributed by atoms with Crippen LogP contribution in [0.3, 0.4) is 0 Å². The zero-order valence-electron chi connectivity index (χ0n) is 16.1. The lowest BCUT2D eigenvalue weighted by Gasteiger charge is -2.18. The molecule has 0 saturated carbocycles. The van der Waals surface area contributed by atoms with Crippen LogP contribution in [0.5, 0.6) is 5.75 Å². The number of esters is 1. The Morgan fingerprint density at radius 3 is 2.55 bits per heavy atom. The summed E-state index contributed by atoms with van der Waals surface area (Å²) in [6.07, 6.45) is -0.0658. The Balaban J connectivity index is 1.68. The van der Waals surface area contributed by atoms with Crippen molar-refractivity contribution in [1.29, 1.82) is 0 Å². The largest absolute Gasteiger partial charge is 0.497 e. The van der Waals surface area contributed by atoms with Crippen molar-refractivity contribution in [2.24, 2.45) is 0 Å². The van der Waals surface area contributed by atoms with Crippen LogP contribution < -0.4 is 15.6 Å². The summed E-state index contributed by atoms with van der Waals surface area (Å²) in [7, 11) is 1.56. The van der Waals surface area contributed by atoms with E-state index in [1.165, 1.54) is 6.92 Å². The Morgan fingerprint density at radius 2 is 1.86 bits per heavy atom. The molecule has 0 bridgehead atoms. The van der Waals surface area contributed by atoms with Gasteiger partial charge in [0.1, 0.15) is 18.2 Å². The van der Waals surface area contributed by atoms with Crippen LogP contribution in [-0.4, -0.2) is 29.0 Å². The number of carbonyl (C=O) groups is 2. The van der Waals surface area contributed by atoms with Gasteiger partial charge in [0.2, 0.25) is 5.91 Å². The van der Waals surface area contributed by atoms with Gasteiger partial charge in [0, 0.05) is 6.92 Å². The molecule has 2 N–H and O–H groups in total. The van der Waals surface area contributed by atoms with Crippen LogP contribution in [0.2, 0.25) is 0 Å². The lowest BCUT2D eigenvalue weighted by atomic mass is 10.0. The van der Waals surface area contributed by atoms with E-state index >= 15 is 0 Å². The first kappa shape index (κ1) is 20.1. The number of nitrogens with one attached hydrogen (secondary N) is 2. The standard InChI is InChI=1S/C21H21N3O5/c1-13(25)22-18(14-7-9-15(28-2)10-8-14)11-20(26)29-12-19-23-17-6-4-3-5-16(17)21(27)24-19/h3-10,18H,11-12H2,1-2H3,(H,22,25)(H,23,24,27). The summed E-state index contributed by atoms with van der Waals surface area (Å²) in [6, 6.07) is 13.4. The highest BCUT2D eigenvalue weighted by molar-refractivity contribution is 5.77. The molecule has 1 unspecified atom stereocenters. The molecule has 0 fully saturated rings. The first-order chi connectivity index (χ1) is 14.0. The average molecular weight is 395 g/mol. The number of hydrogen-bond acceptors (Lipinski definition) is 6. The molecule has 1 atom stereocenters. The third kappa shape index (κ3) is 5.19. The Labute approximate surface area is 166 Å². The summed E-state index contributed by atoms with van der Waals surface area (Å²) in [5.41, 5.74) is 0.975. The van der Waals surface area contributed by atoms with Crippen molar-refractivity contribution in [2.75, 3.05) is 7.11 Å². The summed E-state index contributed by atoms with van der Waals surface area (Å²) in [5, 5.41) is 3.21. The highest BCUT2D eigenvalue weighted by Crippen LogP contribution is 2.21. The van der Waals surface area contributed by atoms with E-state index < -0.39 is 12.0 Å². The van der Waals surface area contributed by atoms with Gasteiger partial charge in [-0.1, -0.05) is 24.3 Å². The molecule has 1 aromatic heterocycles. The highest BCUT2D eigenvalue weighted by Gasteiger charge is 2.19. The van der Waals surface area contributed by atoms with Crippen LogP contribution in [0, 0.1) is 0 Å². The molecule has 1 amide bonds. The molecule has 3 aromatic rings. The number of para-hydroxylation sites is 1. The predicted octanol–water partition coefficient (Wildman–Crippen LogP) is 2.24. The van der Waals surface area contributed by atoms with E-state index in [0.29, 0.717) is 16.7 Å². The molecule has 0 aliphatic carbocycles. The van der Waals surface area contributed by atoms with Crippen LogP contribution in [0.4, 0.5) is 0 Å². The normalized spacial score (nSPS) is 11.7. The second-order valence-electron chi connectivity index (χ2n) is 6.42. The first-order valence-electron chi connectivity index (χ1n) is 9.01. The van der Waals surface area contributed by atoms with Crippen LogP contribution in [-0.2, 0) is 20.9 Å². The van der Waals surface area contributed by atoms with E-state index in [9.17, 15) is 14.4 Å². The van der Waals surface area contributed by atoms with E-state index in [0.717, 1.165) is 5.56 Å². The summed E-state index contributed by atoms with van der Waals surface area (Å²) in [5.74, 6) is 0.126. The Kier molecular flexibility index (Phi) is 6.23. The highest BCUT2D eigenvalue weighted by atomic mass is 16.5.